The van der Waals surface area contributed by atoms with Crippen LogP contribution in [0.15, 0.2) is 55.0 Å². The van der Waals surface area contributed by atoms with E-state index in [4.69, 9.17) is 0 Å². The number of carbonyl (C=O) groups excluding carboxylic acids is 2. The van der Waals surface area contributed by atoms with Crippen molar-refractivity contribution in [3.05, 3.63) is 71.9 Å². The zero-order valence-corrected chi connectivity index (χ0v) is 19.4. The number of anilines is 3. The molecule has 2 aromatic carbocycles. The lowest BCUT2D eigenvalue weighted by molar-refractivity contribution is -0.117. The minimum absolute atomic E-state index is 0.00574. The van der Waals surface area contributed by atoms with E-state index in [0.717, 1.165) is 23.3 Å². The maximum atomic E-state index is 14.5. The monoisotopic (exact) mass is 485 g/mol. The van der Waals surface area contributed by atoms with Crippen LogP contribution >= 0.6 is 0 Å². The molecule has 0 radical (unpaired) electrons. The third-order valence-corrected chi connectivity index (χ3v) is 6.91. The quantitative estimate of drug-likeness (QED) is 0.432. The van der Waals surface area contributed by atoms with Gasteiger partial charge in [-0.25, -0.2) is 14.4 Å². The van der Waals surface area contributed by atoms with E-state index >= 15 is 0 Å². The molecule has 6 rings (SSSR count). The van der Waals surface area contributed by atoms with Crippen LogP contribution in [0, 0.1) is 5.82 Å². The topological polar surface area (TPSA) is 107 Å². The maximum Gasteiger partial charge on any atom is 0.254 e. The Morgan fingerprint density at radius 2 is 2.06 bits per heavy atom. The molecule has 0 saturated carbocycles. The van der Waals surface area contributed by atoms with Gasteiger partial charge < -0.3 is 15.1 Å². The van der Waals surface area contributed by atoms with Crippen molar-refractivity contribution in [1.29, 1.82) is 0 Å². The Balaban J connectivity index is 1.17. The number of nitrogens with zero attached hydrogens (tertiary/aromatic N) is 5. The first-order chi connectivity index (χ1) is 17.6. The third kappa shape index (κ3) is 3.84. The summed E-state index contributed by atoms with van der Waals surface area (Å²) in [7, 11) is 0. The average Bonchev–Trinajstić information content (AvgIpc) is 3.63. The number of aromatic nitrogens is 4. The highest BCUT2D eigenvalue weighted by atomic mass is 19.1. The number of fused-ring (bicyclic) bond motifs is 2. The minimum atomic E-state index is -0.604. The normalized spacial score (nSPS) is 17.1. The number of hydrogen-bond acceptors (Lipinski definition) is 6. The summed E-state index contributed by atoms with van der Waals surface area (Å²) >= 11 is 0. The van der Waals surface area contributed by atoms with Gasteiger partial charge in [0.2, 0.25) is 5.91 Å². The van der Waals surface area contributed by atoms with Crippen molar-refractivity contribution in [2.24, 2.45) is 0 Å². The second-order valence-corrected chi connectivity index (χ2v) is 9.05. The molecule has 9 nitrogen and oxygen atoms in total. The standard InChI is InChI=1S/C26H24FN7O2/c27-21-8-7-17(33-11-3-6-23(33)35)12-19(21)26(36)28-10-9-16-14-34(22-5-2-1-4-18(16)22)25-20-13-31-32-24(20)29-15-30-25/h1-2,4-5,7-8,12-13,15-16H,3,6,9-11,14H2,(H,28,36)(H,29,30,31,32). The number of benzene rings is 2. The number of H-pyrrole nitrogens is 1. The molecule has 182 valence electrons. The fourth-order valence-corrected chi connectivity index (χ4v) is 5.14. The highest BCUT2D eigenvalue weighted by molar-refractivity contribution is 5.99. The zero-order chi connectivity index (χ0) is 24.6. The summed E-state index contributed by atoms with van der Waals surface area (Å²) in [4.78, 5) is 37.4. The Morgan fingerprint density at radius 1 is 1.17 bits per heavy atom. The first-order valence-electron chi connectivity index (χ1n) is 12.0. The van der Waals surface area contributed by atoms with Crippen LogP contribution in [0.4, 0.5) is 21.6 Å². The van der Waals surface area contributed by atoms with E-state index in [9.17, 15) is 14.0 Å². The Bertz CT molecular complexity index is 1470. The Labute approximate surface area is 206 Å². The summed E-state index contributed by atoms with van der Waals surface area (Å²) in [5, 5.41) is 10.7. The Morgan fingerprint density at radius 3 is 2.92 bits per heavy atom. The molecular formula is C26H24FN7O2. The number of hydrogen-bond donors (Lipinski definition) is 2. The van der Waals surface area contributed by atoms with Crippen molar-refractivity contribution < 1.29 is 14.0 Å². The second kappa shape index (κ2) is 9.03. The van der Waals surface area contributed by atoms with Gasteiger partial charge in [-0.1, -0.05) is 18.2 Å². The number of nitrogens with one attached hydrogen (secondary N) is 2. The summed E-state index contributed by atoms with van der Waals surface area (Å²) in [5.41, 5.74) is 3.41. The van der Waals surface area contributed by atoms with Crippen LogP contribution in [0.5, 0.6) is 0 Å². The first kappa shape index (κ1) is 22.1. The van der Waals surface area contributed by atoms with Gasteiger partial charge in [0.05, 0.1) is 17.1 Å². The highest BCUT2D eigenvalue weighted by Gasteiger charge is 2.31. The molecule has 1 unspecified atom stereocenters. The molecule has 1 fully saturated rings. The van der Waals surface area contributed by atoms with Crippen molar-refractivity contribution in [2.45, 2.75) is 25.2 Å². The van der Waals surface area contributed by atoms with Gasteiger partial charge in [0, 0.05) is 43.3 Å². The summed E-state index contributed by atoms with van der Waals surface area (Å²) in [6.45, 7) is 1.65. The zero-order valence-electron chi connectivity index (χ0n) is 19.4. The van der Waals surface area contributed by atoms with Crippen LogP contribution in [0.3, 0.4) is 0 Å². The Kier molecular flexibility index (Phi) is 5.55. The molecule has 2 aromatic heterocycles. The van der Waals surface area contributed by atoms with E-state index in [2.05, 4.69) is 42.5 Å². The number of amides is 2. The summed E-state index contributed by atoms with van der Waals surface area (Å²) in [6, 6.07) is 12.4. The largest absolute Gasteiger partial charge is 0.352 e. The molecule has 0 bridgehead atoms. The second-order valence-electron chi connectivity index (χ2n) is 9.05. The lowest BCUT2D eigenvalue weighted by Crippen LogP contribution is -2.28. The van der Waals surface area contributed by atoms with Gasteiger partial charge >= 0.3 is 0 Å². The third-order valence-electron chi connectivity index (χ3n) is 6.91. The highest BCUT2D eigenvalue weighted by Crippen LogP contribution is 2.42. The van der Waals surface area contributed by atoms with Crippen LogP contribution in [-0.4, -0.2) is 51.6 Å². The summed E-state index contributed by atoms with van der Waals surface area (Å²) in [5.74, 6) is -0.165. The fraction of sp³-hybridized carbons (Fsp3) is 0.269. The molecule has 4 heterocycles. The molecule has 2 amide bonds. The number of carbonyl (C=O) groups is 2. The molecule has 10 heteroatoms. The molecule has 2 N–H and O–H groups in total. The minimum Gasteiger partial charge on any atom is -0.352 e. The van der Waals surface area contributed by atoms with Gasteiger partial charge in [-0.05, 0) is 42.7 Å². The van der Waals surface area contributed by atoms with Gasteiger partial charge in [0.25, 0.3) is 5.91 Å². The molecule has 1 atom stereocenters. The molecule has 36 heavy (non-hydrogen) atoms. The molecule has 4 aromatic rings. The molecular weight excluding hydrogens is 461 g/mol. The van der Waals surface area contributed by atoms with Gasteiger partial charge in [-0.15, -0.1) is 0 Å². The molecule has 2 aliphatic heterocycles. The predicted molar refractivity (Wildman–Crippen MR) is 133 cm³/mol. The molecule has 0 aliphatic carbocycles. The molecule has 1 saturated heterocycles. The Hall–Kier alpha value is -4.34. The van der Waals surface area contributed by atoms with E-state index in [0.29, 0.717) is 43.8 Å². The van der Waals surface area contributed by atoms with Gasteiger partial charge in [-0.2, -0.15) is 5.10 Å². The van der Waals surface area contributed by atoms with Gasteiger partial charge in [-0.3, -0.25) is 14.7 Å². The number of para-hydroxylation sites is 1. The lowest BCUT2D eigenvalue weighted by Gasteiger charge is -2.19. The van der Waals surface area contributed by atoms with Crippen molar-refractivity contribution in [3.63, 3.8) is 0 Å². The SMILES string of the molecule is O=C(NCCC1CN(c2ncnc3[nH]ncc23)c2ccccc21)c1cc(N2CCCC2=O)ccc1F. The van der Waals surface area contributed by atoms with E-state index in [1.165, 1.54) is 24.0 Å². The van der Waals surface area contributed by atoms with Crippen molar-refractivity contribution in [3.8, 4) is 0 Å². The van der Waals surface area contributed by atoms with Crippen LogP contribution in [0.2, 0.25) is 0 Å². The van der Waals surface area contributed by atoms with Gasteiger partial charge in [0.15, 0.2) is 5.65 Å². The van der Waals surface area contributed by atoms with E-state index < -0.39 is 11.7 Å². The number of aromatic amines is 1. The number of rotatable bonds is 6. The molecule has 2 aliphatic rings. The van der Waals surface area contributed by atoms with Crippen molar-refractivity contribution in [2.75, 3.05) is 29.4 Å². The lowest BCUT2D eigenvalue weighted by atomic mass is 9.98. The van der Waals surface area contributed by atoms with Crippen LogP contribution in [0.25, 0.3) is 11.0 Å². The summed E-state index contributed by atoms with van der Waals surface area (Å²) < 4.78 is 14.5. The van der Waals surface area contributed by atoms with E-state index in [1.807, 2.05) is 12.1 Å². The van der Waals surface area contributed by atoms with Crippen LogP contribution < -0.4 is 15.1 Å². The average molecular weight is 486 g/mol. The van der Waals surface area contributed by atoms with Gasteiger partial charge in [0.1, 0.15) is 18.0 Å². The van der Waals surface area contributed by atoms with E-state index in [1.54, 1.807) is 17.2 Å². The fourth-order valence-electron chi connectivity index (χ4n) is 5.14. The number of halogens is 1. The predicted octanol–water partition coefficient (Wildman–Crippen LogP) is 3.67. The van der Waals surface area contributed by atoms with E-state index in [-0.39, 0.29) is 17.4 Å². The molecule has 0 spiro atoms. The summed E-state index contributed by atoms with van der Waals surface area (Å²) in [6.07, 6.45) is 5.15. The maximum absolute atomic E-state index is 14.5. The van der Waals surface area contributed by atoms with Crippen LogP contribution in [-0.2, 0) is 4.79 Å². The van der Waals surface area contributed by atoms with Crippen molar-refractivity contribution in [1.82, 2.24) is 25.5 Å². The van der Waals surface area contributed by atoms with Crippen LogP contribution in [0.1, 0.15) is 41.1 Å². The first-order valence-corrected chi connectivity index (χ1v) is 12.0. The smallest absolute Gasteiger partial charge is 0.254 e. The van der Waals surface area contributed by atoms with Crippen molar-refractivity contribution >= 4 is 40.0 Å².